The topological polar surface area (TPSA) is 366 Å². The van der Waals surface area contributed by atoms with Crippen molar-refractivity contribution >= 4 is 35.3 Å². The molecule has 1 aromatic heterocycles. The molecule has 1 aromatic carbocycles. The number of nitro groups is 1. The molecule has 0 amide bonds. The Morgan fingerprint density at radius 3 is 2.12 bits per heavy atom. The molecule has 29 heteroatoms. The maximum absolute atomic E-state index is 12.8. The summed E-state index contributed by atoms with van der Waals surface area (Å²) in [5.41, 5.74) is 3.37. The molecule has 0 saturated carbocycles. The van der Waals surface area contributed by atoms with Gasteiger partial charge in [-0.1, -0.05) is 6.07 Å². The molecule has 0 radical (unpaired) electrons. The van der Waals surface area contributed by atoms with Crippen molar-refractivity contribution in [3.8, 4) is 0 Å². The van der Waals surface area contributed by atoms with Crippen LogP contribution in [0.4, 0.5) is 10.5 Å². The van der Waals surface area contributed by atoms with Gasteiger partial charge in [0.15, 0.2) is 0 Å². The Morgan fingerprint density at radius 2 is 1.54 bits per heavy atom. The Hall–Kier alpha value is -3.26. The smallest absolute Gasteiger partial charge is 0.429 e. The highest BCUT2D eigenvalue weighted by Crippen LogP contribution is 2.66. The SMILES string of the molecule is Cc1cn([C@H]2C[C@@H](OC(=O)OCc3cccc(COCCOCCOCCOCCN)c3[N+](=O)[O-])[C@@H](COP(=O)(O)OP(=O)(O)OP(=O)(O)O)O2)c(=O)[nH]c1=O. The third-order valence-electron chi connectivity index (χ3n) is 7.07. The van der Waals surface area contributed by atoms with Crippen molar-refractivity contribution < 1.29 is 89.3 Å². The maximum atomic E-state index is 12.8. The Bertz CT molecular complexity index is 1890. The molecule has 2 unspecified atom stereocenters. The fraction of sp³-hybridized carbons (Fsp3) is 0.593. The number of rotatable bonds is 25. The molecule has 1 saturated heterocycles. The summed E-state index contributed by atoms with van der Waals surface area (Å²) in [5.74, 6) is 0. The fourth-order valence-electron chi connectivity index (χ4n) is 4.75. The highest BCUT2D eigenvalue weighted by molar-refractivity contribution is 7.66. The number of para-hydroxylation sites is 1. The third-order valence-corrected chi connectivity index (χ3v) is 10.9. The van der Waals surface area contributed by atoms with Gasteiger partial charge in [-0.05, 0) is 19.1 Å². The predicted molar refractivity (Wildman–Crippen MR) is 184 cm³/mol. The second-order valence-corrected chi connectivity index (χ2v) is 15.7. The van der Waals surface area contributed by atoms with Crippen molar-refractivity contribution in [2.24, 2.45) is 5.73 Å². The molecule has 1 aliphatic heterocycles. The quantitative estimate of drug-likeness (QED) is 0.0262. The lowest BCUT2D eigenvalue weighted by Gasteiger charge is -2.21. The molecule has 3 rings (SSSR count). The lowest BCUT2D eigenvalue weighted by atomic mass is 10.1. The molecular weight excluding hydrogens is 825 g/mol. The molecule has 316 valence electrons. The average Bonchev–Trinajstić information content (AvgIpc) is 3.48. The standard InChI is InChI=1S/C27H41N4O22P3/c1-18-14-30(26(33)29-25(18)32)23-13-21(22(50-23)17-49-55(40,41)53-56(42,43)52-54(37,38)39)51-27(34)48-16-20-4-2-3-19(24(20)31(35)36)15-47-12-11-46-10-9-45-8-7-44-6-5-28/h2-4,14,21-23H,5-13,15-17,28H2,1H3,(H,40,41)(H,42,43)(H,29,32,33)(H2,37,38,39)/t21-,22-,23-/m1/s1. The molecule has 7 N–H and O–H groups in total. The van der Waals surface area contributed by atoms with Crippen molar-refractivity contribution in [1.29, 1.82) is 0 Å². The summed E-state index contributed by atoms with van der Waals surface area (Å²) in [6.45, 7) is 1.84. The third kappa shape index (κ3) is 16.3. The minimum atomic E-state index is -5.88. The number of nitro benzene ring substituents is 1. The number of nitrogens with zero attached hydrogens (tertiary/aromatic N) is 2. The first-order chi connectivity index (χ1) is 26.3. The molecule has 1 fully saturated rings. The number of carbonyl (C=O) groups excluding carboxylic acids is 1. The van der Waals surface area contributed by atoms with E-state index in [0.29, 0.717) is 33.0 Å². The number of carbonyl (C=O) groups is 1. The summed E-state index contributed by atoms with van der Waals surface area (Å²) < 4.78 is 85.2. The van der Waals surface area contributed by atoms with Gasteiger partial charge in [0.1, 0.15) is 25.0 Å². The van der Waals surface area contributed by atoms with Crippen LogP contribution in [0.5, 0.6) is 0 Å². The largest absolute Gasteiger partial charge is 0.508 e. The van der Waals surface area contributed by atoms with Crippen LogP contribution in [0.2, 0.25) is 0 Å². The molecule has 2 aromatic rings. The van der Waals surface area contributed by atoms with E-state index in [2.05, 4.69) is 13.1 Å². The summed E-state index contributed by atoms with van der Waals surface area (Å²) in [6.07, 6.45) is -5.12. The number of benzene rings is 1. The summed E-state index contributed by atoms with van der Waals surface area (Å²) in [4.78, 5) is 87.3. The minimum Gasteiger partial charge on any atom is -0.429 e. The van der Waals surface area contributed by atoms with Crippen molar-refractivity contribution in [3.05, 3.63) is 72.0 Å². The summed E-state index contributed by atoms with van der Waals surface area (Å²) in [7, 11) is -17.2. The second kappa shape index (κ2) is 22.0. The van der Waals surface area contributed by atoms with Crippen molar-refractivity contribution in [3.63, 3.8) is 0 Å². The van der Waals surface area contributed by atoms with Gasteiger partial charge in [-0.15, -0.1) is 0 Å². The Morgan fingerprint density at radius 1 is 0.946 bits per heavy atom. The lowest BCUT2D eigenvalue weighted by Crippen LogP contribution is -2.33. The van der Waals surface area contributed by atoms with Gasteiger partial charge < -0.3 is 58.5 Å². The van der Waals surface area contributed by atoms with Crippen LogP contribution < -0.4 is 17.0 Å². The van der Waals surface area contributed by atoms with Gasteiger partial charge in [-0.2, -0.15) is 8.62 Å². The number of nitrogens with two attached hydrogens (primary N) is 1. The van der Waals surface area contributed by atoms with E-state index in [1.165, 1.54) is 25.1 Å². The second-order valence-electron chi connectivity index (χ2n) is 11.3. The van der Waals surface area contributed by atoms with Crippen molar-refractivity contribution in [2.45, 2.75) is 45.0 Å². The van der Waals surface area contributed by atoms with Gasteiger partial charge in [0, 0.05) is 24.7 Å². The first-order valence-corrected chi connectivity index (χ1v) is 20.7. The molecule has 0 aliphatic carbocycles. The van der Waals surface area contributed by atoms with E-state index >= 15 is 0 Å². The molecular formula is C27H41N4O22P3. The predicted octanol–water partition coefficient (Wildman–Crippen LogP) is 0.631. The first kappa shape index (κ1) is 47.1. The highest BCUT2D eigenvalue weighted by atomic mass is 31.3. The number of aryl methyl sites for hydroxylation is 1. The van der Waals surface area contributed by atoms with Gasteiger partial charge >= 0.3 is 35.3 Å². The summed E-state index contributed by atoms with van der Waals surface area (Å²) >= 11 is 0. The maximum Gasteiger partial charge on any atom is 0.508 e. The minimum absolute atomic E-state index is 0.0584. The van der Waals surface area contributed by atoms with Gasteiger partial charge in [0.25, 0.3) is 11.2 Å². The highest BCUT2D eigenvalue weighted by Gasteiger charge is 2.44. The van der Waals surface area contributed by atoms with Crippen LogP contribution in [0, 0.1) is 17.0 Å². The number of hydrogen-bond donors (Lipinski definition) is 6. The Labute approximate surface area is 316 Å². The van der Waals surface area contributed by atoms with Gasteiger partial charge in [-0.25, -0.2) is 23.3 Å². The van der Waals surface area contributed by atoms with Crippen molar-refractivity contribution in [2.75, 3.05) is 59.4 Å². The van der Waals surface area contributed by atoms with Crippen LogP contribution >= 0.6 is 23.5 Å². The fourth-order valence-corrected chi connectivity index (χ4v) is 7.78. The number of H-pyrrole nitrogens is 1. The van der Waals surface area contributed by atoms with Crippen LogP contribution in [0.25, 0.3) is 0 Å². The number of phosphoric acid groups is 3. The van der Waals surface area contributed by atoms with E-state index in [1.807, 2.05) is 4.98 Å². The lowest BCUT2D eigenvalue weighted by molar-refractivity contribution is -0.386. The first-order valence-electron chi connectivity index (χ1n) is 16.2. The number of phosphoric ester groups is 1. The van der Waals surface area contributed by atoms with E-state index in [0.717, 1.165) is 10.8 Å². The van der Waals surface area contributed by atoms with Gasteiger partial charge in [0.2, 0.25) is 0 Å². The number of aromatic amines is 1. The van der Waals surface area contributed by atoms with Crippen LogP contribution in [0.1, 0.15) is 29.3 Å². The summed E-state index contributed by atoms with van der Waals surface area (Å²) in [6, 6.07) is 4.20. The normalized spacial score (nSPS) is 19.3. The Balaban J connectivity index is 1.62. The monoisotopic (exact) mass is 866 g/mol. The molecule has 0 spiro atoms. The van der Waals surface area contributed by atoms with E-state index < -0.39 is 89.6 Å². The van der Waals surface area contributed by atoms with Gasteiger partial charge in [0.05, 0.1) is 75.5 Å². The number of aromatic nitrogens is 2. The zero-order valence-electron chi connectivity index (χ0n) is 29.5. The number of nitrogens with one attached hydrogen (secondary N) is 1. The Kier molecular flexibility index (Phi) is 18.5. The zero-order valence-corrected chi connectivity index (χ0v) is 32.2. The molecule has 26 nitrogen and oxygen atoms in total. The van der Waals surface area contributed by atoms with Crippen LogP contribution in [0.3, 0.4) is 0 Å². The molecule has 2 heterocycles. The van der Waals surface area contributed by atoms with E-state index in [4.69, 9.17) is 48.7 Å². The molecule has 0 bridgehead atoms. The van der Waals surface area contributed by atoms with E-state index in [-0.39, 0.29) is 43.1 Å². The molecule has 5 atom stereocenters. The summed E-state index contributed by atoms with van der Waals surface area (Å²) in [5, 5.41) is 12.0. The molecule has 1 aliphatic rings. The van der Waals surface area contributed by atoms with Crippen LogP contribution in [-0.4, -0.2) is 112 Å². The number of ether oxygens (including phenoxy) is 7. The van der Waals surface area contributed by atoms with Crippen molar-refractivity contribution in [1.82, 2.24) is 9.55 Å². The van der Waals surface area contributed by atoms with Gasteiger partial charge in [-0.3, -0.25) is 29.0 Å². The van der Waals surface area contributed by atoms with Crippen LogP contribution in [-0.2, 0) is 73.2 Å². The zero-order chi connectivity index (χ0) is 41.5. The number of hydrogen-bond acceptors (Lipinski definition) is 19. The molecule has 56 heavy (non-hydrogen) atoms. The average molecular weight is 867 g/mol. The van der Waals surface area contributed by atoms with Crippen LogP contribution in [0.15, 0.2) is 34.0 Å². The van der Waals surface area contributed by atoms with E-state index in [9.17, 15) is 48.0 Å². The van der Waals surface area contributed by atoms with E-state index in [1.54, 1.807) is 0 Å².